The molecule has 5 nitrogen and oxygen atoms in total. The van der Waals surface area contributed by atoms with Gasteiger partial charge in [0.05, 0.1) is 13.7 Å². The summed E-state index contributed by atoms with van der Waals surface area (Å²) in [5.74, 6) is 1.31. The summed E-state index contributed by atoms with van der Waals surface area (Å²) in [7, 11) is 9.85. The zero-order chi connectivity index (χ0) is 21.0. The smallest absolute Gasteiger partial charge is 0.167 e. The average molecular weight is 431 g/mol. The molecule has 0 radical (unpaired) electrons. The molecule has 1 heterocycles. The van der Waals surface area contributed by atoms with E-state index in [4.69, 9.17) is 9.47 Å². The fourth-order valence-corrected chi connectivity index (χ4v) is 4.29. The van der Waals surface area contributed by atoms with Crippen molar-refractivity contribution in [2.24, 2.45) is 0 Å². The highest BCUT2D eigenvalue weighted by Gasteiger charge is 2.43. The molecule has 0 bridgehead atoms. The lowest BCUT2D eigenvalue weighted by Crippen LogP contribution is -2.34. The van der Waals surface area contributed by atoms with Gasteiger partial charge in [0.1, 0.15) is 5.60 Å². The first kappa shape index (κ1) is 26.8. The minimum absolute atomic E-state index is 0. The summed E-state index contributed by atoms with van der Waals surface area (Å²) < 4.78 is 11.6. The third kappa shape index (κ3) is 5.72. The fraction of sp³-hybridized carbons (Fsp3) is 0.538. The fourth-order valence-electron chi connectivity index (χ4n) is 4.29. The highest BCUT2D eigenvalue weighted by atomic mass is 16.5. The van der Waals surface area contributed by atoms with Crippen LogP contribution in [0.1, 0.15) is 51.2 Å². The quantitative estimate of drug-likeness (QED) is 0.660. The van der Waals surface area contributed by atoms with Gasteiger partial charge in [-0.1, -0.05) is 39.1 Å². The molecule has 2 aromatic rings. The van der Waals surface area contributed by atoms with E-state index in [9.17, 15) is 5.11 Å². The molecule has 0 unspecified atom stereocenters. The first-order valence-corrected chi connectivity index (χ1v) is 10.3. The van der Waals surface area contributed by atoms with Crippen LogP contribution in [0.5, 0.6) is 11.5 Å². The van der Waals surface area contributed by atoms with Gasteiger partial charge in [0, 0.05) is 31.3 Å². The third-order valence-electron chi connectivity index (χ3n) is 5.87. The molecule has 3 rings (SSSR count). The number of anilines is 1. The minimum Gasteiger partial charge on any atom is -0.493 e. The zero-order valence-corrected chi connectivity index (χ0v) is 18.3. The van der Waals surface area contributed by atoms with Gasteiger partial charge in [0.25, 0.3) is 0 Å². The maximum absolute atomic E-state index is 12.2. The van der Waals surface area contributed by atoms with Gasteiger partial charge in [-0.3, -0.25) is 0 Å². The van der Waals surface area contributed by atoms with E-state index in [1.165, 1.54) is 0 Å². The number of rotatable bonds is 7. The summed E-state index contributed by atoms with van der Waals surface area (Å²) >= 11 is 0. The molecule has 1 aliphatic rings. The molecule has 0 saturated carbocycles. The van der Waals surface area contributed by atoms with Crippen LogP contribution in [-0.2, 0) is 5.60 Å². The summed E-state index contributed by atoms with van der Waals surface area (Å²) in [6.07, 6.45) is 2.30. The molecule has 5 heteroatoms. The van der Waals surface area contributed by atoms with E-state index in [2.05, 4.69) is 48.2 Å². The summed E-state index contributed by atoms with van der Waals surface area (Å²) in [6.45, 7) is 1.47. The van der Waals surface area contributed by atoms with Crippen molar-refractivity contribution < 1.29 is 14.6 Å². The number of ether oxygens (including phenoxy) is 2. The van der Waals surface area contributed by atoms with Crippen LogP contribution >= 0.6 is 0 Å². The van der Waals surface area contributed by atoms with E-state index in [1.807, 2.05) is 32.3 Å². The van der Waals surface area contributed by atoms with Gasteiger partial charge in [-0.05, 0) is 63.7 Å². The lowest BCUT2D eigenvalue weighted by Gasteiger charge is -2.36. The van der Waals surface area contributed by atoms with E-state index < -0.39 is 5.60 Å². The molecule has 0 aliphatic carbocycles. The molecule has 2 aromatic carbocycles. The van der Waals surface area contributed by atoms with E-state index in [-0.39, 0.29) is 20.8 Å². The van der Waals surface area contributed by atoms with Crippen LogP contribution in [0.4, 0.5) is 5.69 Å². The zero-order valence-electron chi connectivity index (χ0n) is 18.3. The Balaban J connectivity index is 0.00000240. The van der Waals surface area contributed by atoms with Crippen LogP contribution in [-0.4, -0.2) is 58.5 Å². The van der Waals surface area contributed by atoms with Gasteiger partial charge in [0.2, 0.25) is 0 Å². The molecular formula is C26H42N2O3. The number of benzene rings is 2. The maximum atomic E-state index is 12.2. The van der Waals surface area contributed by atoms with Crippen molar-refractivity contribution in [2.75, 3.05) is 53.4 Å². The third-order valence-corrected chi connectivity index (χ3v) is 5.87. The normalized spacial score (nSPS) is 19.9. The number of para-hydroxylation sites is 1. The summed E-state index contributed by atoms with van der Waals surface area (Å²) in [5, 5.41) is 12.2. The lowest BCUT2D eigenvalue weighted by atomic mass is 9.73. The lowest BCUT2D eigenvalue weighted by molar-refractivity contribution is -0.00501. The van der Waals surface area contributed by atoms with E-state index in [1.54, 1.807) is 7.11 Å². The number of nitrogens with zero attached hydrogens (tertiary/aromatic N) is 2. The Morgan fingerprint density at radius 1 is 1.06 bits per heavy atom. The van der Waals surface area contributed by atoms with E-state index in [0.29, 0.717) is 24.5 Å². The van der Waals surface area contributed by atoms with Crippen LogP contribution < -0.4 is 14.4 Å². The summed E-state index contributed by atoms with van der Waals surface area (Å²) in [4.78, 5) is 4.24. The number of hydrogen-bond donors (Lipinski definition) is 1. The molecule has 174 valence electrons. The van der Waals surface area contributed by atoms with Crippen LogP contribution in [0, 0.1) is 0 Å². The molecule has 0 fully saturated rings. The highest BCUT2D eigenvalue weighted by Crippen LogP contribution is 2.50. The van der Waals surface area contributed by atoms with Crippen molar-refractivity contribution in [1.82, 2.24) is 4.90 Å². The molecular weight excluding hydrogens is 388 g/mol. The van der Waals surface area contributed by atoms with Gasteiger partial charge in [0.15, 0.2) is 11.5 Å². The van der Waals surface area contributed by atoms with E-state index in [0.717, 1.165) is 36.2 Å². The van der Waals surface area contributed by atoms with Gasteiger partial charge in [-0.2, -0.15) is 0 Å². The SMILES string of the molecule is C.C.COc1cccc2c1OCC[C@H](c1ccc(N(C)C)cc1)[C@@]2(O)CCCN(C)C. The second-order valence-electron chi connectivity index (χ2n) is 8.34. The number of aliphatic hydroxyl groups is 1. The van der Waals surface area contributed by atoms with E-state index >= 15 is 0 Å². The van der Waals surface area contributed by atoms with Crippen molar-refractivity contribution in [3.8, 4) is 11.5 Å². The summed E-state index contributed by atoms with van der Waals surface area (Å²) in [6, 6.07) is 14.3. The van der Waals surface area contributed by atoms with Gasteiger partial charge in [-0.25, -0.2) is 0 Å². The first-order chi connectivity index (χ1) is 13.9. The molecule has 0 amide bonds. The van der Waals surface area contributed by atoms with Crippen molar-refractivity contribution >= 4 is 5.69 Å². The Hall–Kier alpha value is -2.24. The molecule has 0 spiro atoms. The maximum Gasteiger partial charge on any atom is 0.167 e. The topological polar surface area (TPSA) is 45.2 Å². The van der Waals surface area contributed by atoms with Gasteiger partial charge in [-0.15, -0.1) is 0 Å². The second-order valence-corrected chi connectivity index (χ2v) is 8.34. The van der Waals surface area contributed by atoms with Gasteiger partial charge < -0.3 is 24.4 Å². The highest BCUT2D eigenvalue weighted by molar-refractivity contribution is 5.52. The van der Waals surface area contributed by atoms with Crippen LogP contribution in [0.15, 0.2) is 42.5 Å². The molecule has 1 N–H and O–H groups in total. The summed E-state index contributed by atoms with van der Waals surface area (Å²) in [5.41, 5.74) is 2.10. The minimum atomic E-state index is -1.02. The monoisotopic (exact) mass is 430 g/mol. The largest absolute Gasteiger partial charge is 0.493 e. The van der Waals surface area contributed by atoms with Crippen molar-refractivity contribution in [1.29, 1.82) is 0 Å². The van der Waals surface area contributed by atoms with Gasteiger partial charge >= 0.3 is 0 Å². The van der Waals surface area contributed by atoms with Crippen molar-refractivity contribution in [3.05, 3.63) is 53.6 Å². The Morgan fingerprint density at radius 3 is 2.32 bits per heavy atom. The van der Waals surface area contributed by atoms with Crippen molar-refractivity contribution in [3.63, 3.8) is 0 Å². The molecule has 1 aliphatic heterocycles. The number of hydrogen-bond acceptors (Lipinski definition) is 5. The van der Waals surface area contributed by atoms with Crippen LogP contribution in [0.3, 0.4) is 0 Å². The predicted octanol–water partition coefficient (Wildman–Crippen LogP) is 5.13. The molecule has 0 aromatic heterocycles. The first-order valence-electron chi connectivity index (χ1n) is 10.3. The molecule has 0 saturated heterocycles. The Labute approximate surface area is 189 Å². The Bertz CT molecular complexity index is 805. The number of fused-ring (bicyclic) bond motifs is 1. The predicted molar refractivity (Wildman–Crippen MR) is 132 cm³/mol. The second kappa shape index (κ2) is 11.4. The van der Waals surface area contributed by atoms with Crippen LogP contribution in [0.2, 0.25) is 0 Å². The average Bonchev–Trinajstić information content (AvgIpc) is 2.84. The molecule has 31 heavy (non-hydrogen) atoms. The molecule has 2 atom stereocenters. The van der Waals surface area contributed by atoms with Crippen molar-refractivity contribution in [2.45, 2.75) is 45.6 Å². The Kier molecular flexibility index (Phi) is 9.85. The number of methoxy groups -OCH3 is 1. The standard InChI is InChI=1S/C24H34N2O3.2CH4/c1-25(2)16-7-15-24(27)20(18-10-12-19(13-11-18)26(3)4)14-17-29-23-21(24)8-6-9-22(23)28-5;;/h6,8-13,20,27H,7,14-17H2,1-5H3;2*1H4/t20-,24+;;/m1../s1. The Morgan fingerprint density at radius 2 is 1.74 bits per heavy atom. The van der Waals surface area contributed by atoms with Crippen LogP contribution in [0.25, 0.3) is 0 Å².